The van der Waals surface area contributed by atoms with Gasteiger partial charge >= 0.3 is 6.03 Å². The average Bonchev–Trinajstić information content (AvgIpc) is 3.28. The lowest BCUT2D eigenvalue weighted by atomic mass is 10.0. The maximum absolute atomic E-state index is 13.2. The molecule has 2 aromatic carbocycles. The number of aromatic nitrogens is 1. The molecular weight excluding hydrogens is 461 g/mol. The van der Waals surface area contributed by atoms with Crippen molar-refractivity contribution in [3.63, 3.8) is 0 Å². The predicted molar refractivity (Wildman–Crippen MR) is 136 cm³/mol. The summed E-state index contributed by atoms with van der Waals surface area (Å²) in [6.07, 6.45) is 1.17. The number of fused-ring (bicyclic) bond motifs is 1. The number of hydrogen-bond acceptors (Lipinski definition) is 4. The largest absolute Gasteiger partial charge is 0.350 e. The van der Waals surface area contributed by atoms with E-state index in [-0.39, 0.29) is 36.8 Å². The summed E-state index contributed by atoms with van der Waals surface area (Å²) in [7, 11) is 3.96. The van der Waals surface area contributed by atoms with Crippen LogP contribution in [0.3, 0.4) is 0 Å². The van der Waals surface area contributed by atoms with Crippen LogP contribution in [0.5, 0.6) is 0 Å². The Morgan fingerprint density at radius 3 is 2.39 bits per heavy atom. The molecule has 1 aromatic heterocycles. The molecule has 0 bridgehead atoms. The minimum atomic E-state index is -0.892. The molecule has 190 valence electrons. The van der Waals surface area contributed by atoms with Gasteiger partial charge in [-0.15, -0.1) is 0 Å². The summed E-state index contributed by atoms with van der Waals surface area (Å²) in [6.45, 7) is 4.71. The van der Waals surface area contributed by atoms with E-state index < -0.39 is 5.54 Å². The molecule has 9 heteroatoms. The van der Waals surface area contributed by atoms with Gasteiger partial charge in [0.25, 0.3) is 11.8 Å². The lowest BCUT2D eigenvalue weighted by molar-refractivity contribution is -0.130. The van der Waals surface area contributed by atoms with Crippen molar-refractivity contribution in [3.05, 3.63) is 70.7 Å². The van der Waals surface area contributed by atoms with Crippen molar-refractivity contribution < 1.29 is 18.8 Å². The minimum Gasteiger partial charge on any atom is -0.350 e. The average molecular weight is 494 g/mol. The fourth-order valence-electron chi connectivity index (χ4n) is 4.37. The fourth-order valence-corrected chi connectivity index (χ4v) is 4.37. The zero-order chi connectivity index (χ0) is 26.0. The molecule has 36 heavy (non-hydrogen) atoms. The van der Waals surface area contributed by atoms with Crippen LogP contribution in [0.1, 0.15) is 41.0 Å². The van der Waals surface area contributed by atoms with Gasteiger partial charge in [-0.2, -0.15) is 0 Å². The first kappa shape index (κ1) is 25.4. The highest BCUT2D eigenvalue weighted by Crippen LogP contribution is 2.26. The van der Waals surface area contributed by atoms with E-state index in [0.29, 0.717) is 18.5 Å². The first-order chi connectivity index (χ1) is 17.0. The van der Waals surface area contributed by atoms with Crippen LogP contribution in [-0.4, -0.2) is 65.4 Å². The molecule has 0 radical (unpaired) electrons. The first-order valence-corrected chi connectivity index (χ1v) is 12.0. The summed E-state index contributed by atoms with van der Waals surface area (Å²) in [4.78, 5) is 44.4. The van der Waals surface area contributed by atoms with E-state index >= 15 is 0 Å². The molecule has 8 nitrogen and oxygen atoms in total. The van der Waals surface area contributed by atoms with E-state index in [0.717, 1.165) is 34.1 Å². The van der Waals surface area contributed by atoms with Crippen molar-refractivity contribution in [3.8, 4) is 0 Å². The summed E-state index contributed by atoms with van der Waals surface area (Å²) < 4.78 is 13.2. The van der Waals surface area contributed by atoms with Crippen LogP contribution < -0.4 is 10.6 Å². The summed E-state index contributed by atoms with van der Waals surface area (Å²) in [5.74, 6) is -0.782. The number of halogens is 1. The van der Waals surface area contributed by atoms with Crippen LogP contribution >= 0.6 is 0 Å². The van der Waals surface area contributed by atoms with Crippen molar-refractivity contribution in [1.82, 2.24) is 25.4 Å². The number of imide groups is 1. The molecule has 0 spiro atoms. The minimum absolute atomic E-state index is 0.229. The van der Waals surface area contributed by atoms with Crippen molar-refractivity contribution >= 4 is 28.7 Å². The van der Waals surface area contributed by atoms with Gasteiger partial charge in [0.05, 0.1) is 0 Å². The maximum Gasteiger partial charge on any atom is 0.325 e. The third-order valence-electron chi connectivity index (χ3n) is 6.44. The number of nitrogens with zero attached hydrogens (tertiary/aromatic N) is 2. The van der Waals surface area contributed by atoms with Gasteiger partial charge in [-0.3, -0.25) is 14.5 Å². The zero-order valence-corrected chi connectivity index (χ0v) is 21.1. The Morgan fingerprint density at radius 1 is 1.06 bits per heavy atom. The van der Waals surface area contributed by atoms with E-state index in [1.165, 1.54) is 17.0 Å². The maximum atomic E-state index is 13.2. The highest BCUT2D eigenvalue weighted by Gasteiger charge is 2.43. The van der Waals surface area contributed by atoms with E-state index in [1.807, 2.05) is 32.3 Å². The third kappa shape index (κ3) is 5.41. The number of amides is 4. The summed E-state index contributed by atoms with van der Waals surface area (Å²) >= 11 is 0. The van der Waals surface area contributed by atoms with Crippen LogP contribution in [-0.2, 0) is 24.2 Å². The normalized spacial score (nSPS) is 15.1. The molecule has 3 aromatic rings. The Balaban J connectivity index is 1.55. The molecule has 1 aliphatic rings. The topological polar surface area (TPSA) is 97.5 Å². The zero-order valence-electron chi connectivity index (χ0n) is 21.1. The van der Waals surface area contributed by atoms with Crippen LogP contribution in [0.15, 0.2) is 42.5 Å². The molecule has 2 heterocycles. The van der Waals surface area contributed by atoms with Crippen LogP contribution in [0, 0.1) is 5.82 Å². The monoisotopic (exact) mass is 493 g/mol. The second-order valence-electron chi connectivity index (χ2n) is 9.98. The first-order valence-electron chi connectivity index (χ1n) is 12.0. The van der Waals surface area contributed by atoms with Crippen LogP contribution in [0.2, 0.25) is 0 Å². The van der Waals surface area contributed by atoms with E-state index in [4.69, 9.17) is 0 Å². The molecule has 3 N–H and O–H groups in total. The number of nitrogens with one attached hydrogen (secondary N) is 3. The van der Waals surface area contributed by atoms with Crippen molar-refractivity contribution in [2.45, 2.75) is 38.8 Å². The van der Waals surface area contributed by atoms with Crippen LogP contribution in [0.4, 0.5) is 9.18 Å². The second kappa shape index (κ2) is 10.1. The molecule has 4 amide bonds. The fraction of sp³-hybridized carbons (Fsp3) is 0.370. The van der Waals surface area contributed by atoms with Crippen molar-refractivity contribution in [2.75, 3.05) is 27.2 Å². The number of carbonyl (C=O) groups excluding carboxylic acids is 3. The van der Waals surface area contributed by atoms with Crippen LogP contribution in [0.25, 0.3) is 10.9 Å². The van der Waals surface area contributed by atoms with Gasteiger partial charge in [0.15, 0.2) is 0 Å². The van der Waals surface area contributed by atoms with Gasteiger partial charge in [0.1, 0.15) is 17.1 Å². The van der Waals surface area contributed by atoms with Crippen molar-refractivity contribution in [2.24, 2.45) is 0 Å². The lowest BCUT2D eigenvalue weighted by Gasteiger charge is -2.16. The highest BCUT2D eigenvalue weighted by atomic mass is 19.1. The quantitative estimate of drug-likeness (QED) is 0.399. The number of rotatable bonds is 9. The number of carbonyl (C=O) groups is 3. The molecule has 0 saturated carbocycles. The van der Waals surface area contributed by atoms with E-state index in [2.05, 4.69) is 20.5 Å². The summed E-state index contributed by atoms with van der Waals surface area (Å²) in [5, 5.41) is 6.57. The molecule has 1 aliphatic heterocycles. The van der Waals surface area contributed by atoms with E-state index in [9.17, 15) is 18.8 Å². The smallest absolute Gasteiger partial charge is 0.325 e. The molecule has 0 aliphatic carbocycles. The highest BCUT2D eigenvalue weighted by molar-refractivity contribution is 6.06. The molecule has 0 unspecified atom stereocenters. The lowest BCUT2D eigenvalue weighted by Crippen LogP contribution is -2.40. The molecule has 4 rings (SSSR count). The number of aromatic amines is 1. The van der Waals surface area contributed by atoms with Gasteiger partial charge < -0.3 is 20.5 Å². The summed E-state index contributed by atoms with van der Waals surface area (Å²) in [5.41, 5.74) is 3.14. The van der Waals surface area contributed by atoms with Gasteiger partial charge in [0, 0.05) is 30.5 Å². The number of likely N-dealkylation sites (N-methyl/N-ethyl adjacent to an activating group) is 1. The standard InChI is InChI=1S/C27H32FN5O3/c1-27(2)25(35)33(26(36)31-27)14-11-17-7-10-22-21(15-17)20(12-13-32(3)4)23(30-22)24(34)29-16-18-5-8-19(28)9-6-18/h5-10,15,30H,11-14,16H2,1-4H3,(H,29,34)(H,31,36). The Bertz CT molecular complexity index is 1300. The number of hydrogen-bond donors (Lipinski definition) is 3. The Labute approximate surface area is 209 Å². The van der Waals surface area contributed by atoms with Gasteiger partial charge in [-0.25, -0.2) is 9.18 Å². The summed E-state index contributed by atoms with van der Waals surface area (Å²) in [6, 6.07) is 11.5. The SMILES string of the molecule is CN(C)CCc1c(C(=O)NCc2ccc(F)cc2)[nH]c2ccc(CCN3C(=O)NC(C)(C)C3=O)cc12. The second-order valence-corrected chi connectivity index (χ2v) is 9.98. The third-order valence-corrected chi connectivity index (χ3v) is 6.44. The predicted octanol–water partition coefficient (Wildman–Crippen LogP) is 3.21. The Hall–Kier alpha value is -3.72. The molecular formula is C27H32FN5O3. The van der Waals surface area contributed by atoms with Gasteiger partial charge in [-0.1, -0.05) is 18.2 Å². The van der Waals surface area contributed by atoms with E-state index in [1.54, 1.807) is 26.0 Å². The Kier molecular flexibility index (Phi) is 7.12. The number of urea groups is 1. The van der Waals surface area contributed by atoms with Crippen molar-refractivity contribution in [1.29, 1.82) is 0 Å². The molecule has 1 fully saturated rings. The Morgan fingerprint density at radius 2 is 1.75 bits per heavy atom. The number of benzene rings is 2. The molecule has 1 saturated heterocycles. The van der Waals surface area contributed by atoms with Gasteiger partial charge in [0.2, 0.25) is 0 Å². The van der Waals surface area contributed by atoms with Gasteiger partial charge in [-0.05, 0) is 81.7 Å². The number of H-pyrrole nitrogens is 1. The molecule has 0 atom stereocenters.